The van der Waals surface area contributed by atoms with Gasteiger partial charge in [0, 0.05) is 0 Å². The number of halogens is 2. The lowest BCUT2D eigenvalue weighted by molar-refractivity contribution is -0.112. The Morgan fingerprint density at radius 3 is 2.58 bits per heavy atom. The first-order chi connectivity index (χ1) is 12.5. The van der Waals surface area contributed by atoms with Crippen LogP contribution in [0.15, 0.2) is 54.1 Å². The van der Waals surface area contributed by atoms with Crippen molar-refractivity contribution in [3.63, 3.8) is 0 Å². The Labute approximate surface area is 154 Å². The summed E-state index contributed by atoms with van der Waals surface area (Å²) in [6.45, 7) is 0. The molecular weight excluding hydrogens is 358 g/mol. The minimum Gasteiger partial charge on any atom is -0.465 e. The number of ketones is 1. The van der Waals surface area contributed by atoms with Crippen LogP contribution in [0.1, 0.15) is 26.7 Å². The number of carbonyl (C=O) groups is 2. The molecule has 0 radical (unpaired) electrons. The Morgan fingerprint density at radius 1 is 1.19 bits per heavy atom. The normalized spacial score (nSPS) is 17.0. The van der Waals surface area contributed by atoms with Crippen molar-refractivity contribution >= 4 is 23.5 Å². The zero-order valence-corrected chi connectivity index (χ0v) is 14.8. The van der Waals surface area contributed by atoms with Crippen molar-refractivity contribution in [2.75, 3.05) is 12.9 Å². The third-order valence-electron chi connectivity index (χ3n) is 4.12. The topological polar surface area (TPSA) is 43.4 Å². The molecule has 0 saturated carbocycles. The highest BCUT2D eigenvalue weighted by atomic mass is 32.2. The van der Waals surface area contributed by atoms with E-state index in [4.69, 9.17) is 0 Å². The summed E-state index contributed by atoms with van der Waals surface area (Å²) in [7, 11) is 1.23. The van der Waals surface area contributed by atoms with Crippen LogP contribution in [0.4, 0.5) is 8.78 Å². The Balaban J connectivity index is 1.89. The molecule has 1 unspecified atom stereocenters. The molecule has 0 spiro atoms. The third-order valence-corrected chi connectivity index (χ3v) is 5.48. The summed E-state index contributed by atoms with van der Waals surface area (Å²) in [5, 5.41) is -0.145. The van der Waals surface area contributed by atoms with E-state index in [0.29, 0.717) is 11.3 Å². The van der Waals surface area contributed by atoms with Crippen LogP contribution in [0.25, 0.3) is 0 Å². The average Bonchev–Trinajstić information content (AvgIpc) is 2.64. The zero-order valence-electron chi connectivity index (χ0n) is 14.0. The second kappa shape index (κ2) is 7.83. The number of benzene rings is 2. The van der Waals surface area contributed by atoms with Crippen molar-refractivity contribution in [2.24, 2.45) is 0 Å². The van der Waals surface area contributed by atoms with Crippen molar-refractivity contribution < 1.29 is 23.1 Å². The zero-order chi connectivity index (χ0) is 18.7. The van der Waals surface area contributed by atoms with E-state index in [1.54, 1.807) is 12.1 Å². The molecular formula is C20H16F2O3S. The van der Waals surface area contributed by atoms with Crippen LogP contribution in [0.3, 0.4) is 0 Å². The number of thioether (sulfide) groups is 1. The van der Waals surface area contributed by atoms with Crippen molar-refractivity contribution in [1.29, 1.82) is 0 Å². The van der Waals surface area contributed by atoms with E-state index < -0.39 is 11.8 Å². The smallest absolute Gasteiger partial charge is 0.337 e. The largest absolute Gasteiger partial charge is 0.465 e. The maximum Gasteiger partial charge on any atom is 0.337 e. The number of methoxy groups -OCH3 is 1. The van der Waals surface area contributed by atoms with Crippen LogP contribution < -0.4 is 0 Å². The van der Waals surface area contributed by atoms with Crippen molar-refractivity contribution in [1.82, 2.24) is 0 Å². The van der Waals surface area contributed by atoms with Gasteiger partial charge in [-0.2, -0.15) is 0 Å². The fraction of sp³-hybridized carbons (Fsp3) is 0.200. The highest BCUT2D eigenvalue weighted by molar-refractivity contribution is 8.00. The number of carbonyl (C=O) groups excluding carboxylic acids is 2. The first-order valence-electron chi connectivity index (χ1n) is 7.95. The van der Waals surface area contributed by atoms with Crippen LogP contribution in [0.2, 0.25) is 0 Å². The van der Waals surface area contributed by atoms with E-state index in [1.807, 2.05) is 0 Å². The van der Waals surface area contributed by atoms with E-state index >= 15 is 0 Å². The van der Waals surface area contributed by atoms with Gasteiger partial charge in [-0.05, 0) is 53.5 Å². The molecule has 0 N–H and O–H groups in total. The molecule has 26 heavy (non-hydrogen) atoms. The quantitative estimate of drug-likeness (QED) is 0.750. The average molecular weight is 374 g/mol. The lowest BCUT2D eigenvalue weighted by Crippen LogP contribution is -2.14. The van der Waals surface area contributed by atoms with Gasteiger partial charge in [0.05, 0.1) is 23.7 Å². The number of hydrogen-bond donors (Lipinski definition) is 0. The lowest BCUT2D eigenvalue weighted by atomic mass is 9.95. The molecule has 0 aliphatic carbocycles. The SMILES string of the molecule is COC(=O)c1ccc(CC2=CC(=O)CSC2c2ccc(F)cc2)c(F)c1. The Morgan fingerprint density at radius 2 is 1.92 bits per heavy atom. The minimum absolute atomic E-state index is 0.0325. The molecule has 134 valence electrons. The molecule has 2 aromatic carbocycles. The molecule has 1 aliphatic rings. The molecule has 6 heteroatoms. The van der Waals surface area contributed by atoms with Gasteiger partial charge in [0.1, 0.15) is 11.6 Å². The molecule has 3 nitrogen and oxygen atoms in total. The Kier molecular flexibility index (Phi) is 5.52. The molecule has 0 saturated heterocycles. The van der Waals surface area contributed by atoms with E-state index in [0.717, 1.165) is 17.2 Å². The molecule has 1 aliphatic heterocycles. The Hall–Kier alpha value is -2.47. The molecule has 3 rings (SSSR count). The van der Waals surface area contributed by atoms with Gasteiger partial charge in [0.25, 0.3) is 0 Å². The van der Waals surface area contributed by atoms with Gasteiger partial charge in [-0.25, -0.2) is 13.6 Å². The second-order valence-corrected chi connectivity index (χ2v) is 7.00. The number of allylic oxidation sites excluding steroid dienone is 1. The van der Waals surface area contributed by atoms with E-state index in [9.17, 15) is 18.4 Å². The van der Waals surface area contributed by atoms with E-state index in [2.05, 4.69) is 4.74 Å². The summed E-state index contributed by atoms with van der Waals surface area (Å²) in [5.41, 5.74) is 2.13. The van der Waals surface area contributed by atoms with E-state index in [1.165, 1.54) is 49.2 Å². The molecule has 0 fully saturated rings. The summed E-state index contributed by atoms with van der Waals surface area (Å²) >= 11 is 1.44. The summed E-state index contributed by atoms with van der Waals surface area (Å²) in [5.74, 6) is -1.18. The van der Waals surface area contributed by atoms with Crippen LogP contribution in [0.5, 0.6) is 0 Å². The van der Waals surface area contributed by atoms with Gasteiger partial charge in [0.2, 0.25) is 0 Å². The summed E-state index contributed by atoms with van der Waals surface area (Å²) in [6.07, 6.45) is 1.77. The highest BCUT2D eigenvalue weighted by Gasteiger charge is 2.25. The van der Waals surface area contributed by atoms with Gasteiger partial charge in [0.15, 0.2) is 5.78 Å². The maximum absolute atomic E-state index is 14.4. The number of esters is 1. The van der Waals surface area contributed by atoms with Crippen LogP contribution >= 0.6 is 11.8 Å². The fourth-order valence-corrected chi connectivity index (χ4v) is 3.97. The monoisotopic (exact) mass is 374 g/mol. The van der Waals surface area contributed by atoms with Crippen LogP contribution in [-0.2, 0) is 16.0 Å². The number of ether oxygens (including phenoxy) is 1. The van der Waals surface area contributed by atoms with Gasteiger partial charge in [-0.3, -0.25) is 4.79 Å². The molecule has 1 atom stereocenters. The first kappa shape index (κ1) is 18.3. The van der Waals surface area contributed by atoms with Gasteiger partial charge < -0.3 is 4.74 Å². The molecule has 0 aromatic heterocycles. The van der Waals surface area contributed by atoms with E-state index in [-0.39, 0.29) is 28.8 Å². The molecule has 1 heterocycles. The van der Waals surface area contributed by atoms with Gasteiger partial charge in [-0.1, -0.05) is 18.2 Å². The van der Waals surface area contributed by atoms with Crippen molar-refractivity contribution in [2.45, 2.75) is 11.7 Å². The predicted molar refractivity (Wildman–Crippen MR) is 96.1 cm³/mol. The Bertz CT molecular complexity index is 875. The molecule has 0 amide bonds. The van der Waals surface area contributed by atoms with Gasteiger partial charge in [-0.15, -0.1) is 11.8 Å². The number of rotatable bonds is 4. The van der Waals surface area contributed by atoms with Crippen LogP contribution in [0, 0.1) is 11.6 Å². The summed E-state index contributed by atoms with van der Waals surface area (Å²) in [4.78, 5) is 23.3. The standard InChI is InChI=1S/C20H16F2O3S/c1-25-20(24)14-3-2-13(18(22)10-14)8-15-9-17(23)11-26-19(15)12-4-6-16(21)7-5-12/h2-7,9-10,19H,8,11H2,1H3. The second-order valence-electron chi connectivity index (χ2n) is 5.90. The lowest BCUT2D eigenvalue weighted by Gasteiger charge is -2.24. The molecule has 2 aromatic rings. The highest BCUT2D eigenvalue weighted by Crippen LogP contribution is 2.40. The third kappa shape index (κ3) is 4.02. The summed E-state index contributed by atoms with van der Waals surface area (Å²) in [6, 6.07) is 10.2. The minimum atomic E-state index is -0.609. The fourth-order valence-electron chi connectivity index (χ4n) is 2.84. The van der Waals surface area contributed by atoms with Crippen molar-refractivity contribution in [3.8, 4) is 0 Å². The predicted octanol–water partition coefficient (Wildman–Crippen LogP) is 4.28. The first-order valence-corrected chi connectivity index (χ1v) is 9.00. The van der Waals surface area contributed by atoms with Gasteiger partial charge >= 0.3 is 5.97 Å². The molecule has 0 bridgehead atoms. The maximum atomic E-state index is 14.4. The number of hydrogen-bond acceptors (Lipinski definition) is 4. The van der Waals surface area contributed by atoms with Crippen molar-refractivity contribution in [3.05, 3.63) is 82.4 Å². The summed E-state index contributed by atoms with van der Waals surface area (Å²) < 4.78 is 32.2. The van der Waals surface area contributed by atoms with Crippen LogP contribution in [-0.4, -0.2) is 24.6 Å².